The first kappa shape index (κ1) is 9.75. The number of rotatable bonds is 4. The highest BCUT2D eigenvalue weighted by Crippen LogP contribution is 2.02. The van der Waals surface area contributed by atoms with Crippen LogP contribution in [-0.2, 0) is 9.53 Å². The zero-order valence-electron chi connectivity index (χ0n) is 6.76. The van der Waals surface area contributed by atoms with Gasteiger partial charge in [0, 0.05) is 12.0 Å². The van der Waals surface area contributed by atoms with E-state index in [-0.39, 0.29) is 0 Å². The maximum Gasteiger partial charge on any atom is 0.330 e. The zero-order chi connectivity index (χ0) is 8.85. The van der Waals surface area contributed by atoms with Crippen molar-refractivity contribution in [2.45, 2.75) is 13.3 Å². The Labute approximate surface area is 66.0 Å². The van der Waals surface area contributed by atoms with Gasteiger partial charge in [0.25, 0.3) is 0 Å². The molecule has 0 aromatic carbocycles. The third-order valence-electron chi connectivity index (χ3n) is 1.26. The summed E-state index contributed by atoms with van der Waals surface area (Å²) in [6.07, 6.45) is 2.02. The fourth-order valence-electron chi connectivity index (χ4n) is 0.438. The Balaban J connectivity index is 3.92. The van der Waals surface area contributed by atoms with Gasteiger partial charge in [-0.25, -0.2) is 4.79 Å². The van der Waals surface area contributed by atoms with E-state index in [1.807, 2.05) is 0 Å². The Hall–Kier alpha value is -1.25. The van der Waals surface area contributed by atoms with Gasteiger partial charge < -0.3 is 9.84 Å². The molecule has 0 bridgehead atoms. The lowest BCUT2D eigenvalue weighted by Gasteiger charge is -1.98. The lowest BCUT2D eigenvalue weighted by atomic mass is 10.2. The molecule has 62 valence electrons. The van der Waals surface area contributed by atoms with Crippen molar-refractivity contribution in [1.82, 2.24) is 0 Å². The van der Waals surface area contributed by atoms with E-state index in [0.717, 1.165) is 0 Å². The minimum atomic E-state index is -0.908. The number of hydrogen-bond acceptors (Lipinski definition) is 2. The summed E-state index contributed by atoms with van der Waals surface area (Å²) < 4.78 is 4.75. The summed E-state index contributed by atoms with van der Waals surface area (Å²) in [6.45, 7) is 5.08. The van der Waals surface area contributed by atoms with Gasteiger partial charge in [-0.15, -0.1) is 0 Å². The Bertz CT molecular complexity index is 192. The normalized spacial score (nSPS) is 10.9. The molecule has 0 aromatic rings. The van der Waals surface area contributed by atoms with E-state index >= 15 is 0 Å². The van der Waals surface area contributed by atoms with E-state index < -0.39 is 5.97 Å². The molecule has 11 heavy (non-hydrogen) atoms. The first-order valence-electron chi connectivity index (χ1n) is 3.19. The highest BCUT2D eigenvalue weighted by molar-refractivity contribution is 5.85. The van der Waals surface area contributed by atoms with E-state index in [0.29, 0.717) is 17.8 Å². The molecule has 0 unspecified atom stereocenters. The number of allylic oxidation sites excluding steroid dienone is 1. The molecule has 0 aliphatic heterocycles. The Morgan fingerprint density at radius 3 is 2.64 bits per heavy atom. The van der Waals surface area contributed by atoms with Crippen LogP contribution in [0.4, 0.5) is 0 Å². The molecule has 0 aromatic heterocycles. The van der Waals surface area contributed by atoms with Crippen LogP contribution < -0.4 is 0 Å². The van der Waals surface area contributed by atoms with Gasteiger partial charge in [0.05, 0.1) is 12.9 Å². The molecule has 0 saturated heterocycles. The standard InChI is InChI=1S/C8H12O3/c1-6(8(9)10)4-5-7(2)11-3/h4H,2,5H2,1,3H3,(H,9,10). The van der Waals surface area contributed by atoms with E-state index in [9.17, 15) is 4.79 Å². The van der Waals surface area contributed by atoms with Crippen molar-refractivity contribution in [3.8, 4) is 0 Å². The Morgan fingerprint density at radius 2 is 2.27 bits per heavy atom. The molecule has 0 atom stereocenters. The van der Waals surface area contributed by atoms with Gasteiger partial charge in [0.15, 0.2) is 0 Å². The first-order valence-corrected chi connectivity index (χ1v) is 3.19. The molecule has 0 heterocycles. The Morgan fingerprint density at radius 1 is 1.73 bits per heavy atom. The molecule has 0 radical (unpaired) electrons. The number of carbonyl (C=O) groups is 1. The molecular weight excluding hydrogens is 144 g/mol. The van der Waals surface area contributed by atoms with Gasteiger partial charge in [-0.1, -0.05) is 12.7 Å². The zero-order valence-corrected chi connectivity index (χ0v) is 6.76. The van der Waals surface area contributed by atoms with Gasteiger partial charge in [-0.2, -0.15) is 0 Å². The highest BCUT2D eigenvalue weighted by atomic mass is 16.5. The highest BCUT2D eigenvalue weighted by Gasteiger charge is 1.98. The lowest BCUT2D eigenvalue weighted by molar-refractivity contribution is -0.132. The summed E-state index contributed by atoms with van der Waals surface area (Å²) in [5.41, 5.74) is 0.309. The third-order valence-corrected chi connectivity index (χ3v) is 1.26. The smallest absolute Gasteiger partial charge is 0.330 e. The fraction of sp³-hybridized carbons (Fsp3) is 0.375. The molecule has 3 heteroatoms. The largest absolute Gasteiger partial charge is 0.501 e. The van der Waals surface area contributed by atoms with E-state index in [4.69, 9.17) is 9.84 Å². The molecule has 0 amide bonds. The quantitative estimate of drug-likeness (QED) is 0.496. The monoisotopic (exact) mass is 156 g/mol. The average Bonchev–Trinajstić information content (AvgIpc) is 1.99. The molecule has 0 spiro atoms. The number of methoxy groups -OCH3 is 1. The molecule has 0 saturated carbocycles. The van der Waals surface area contributed by atoms with Crippen molar-refractivity contribution in [3.05, 3.63) is 24.0 Å². The second-order valence-electron chi connectivity index (χ2n) is 2.14. The predicted molar refractivity (Wildman–Crippen MR) is 42.2 cm³/mol. The SMILES string of the molecule is C=C(CC=C(C)C(=O)O)OC. The van der Waals surface area contributed by atoms with E-state index in [1.165, 1.54) is 14.0 Å². The van der Waals surface area contributed by atoms with Crippen LogP contribution in [0.5, 0.6) is 0 Å². The number of carboxylic acids is 1. The molecule has 0 aliphatic rings. The molecular formula is C8H12O3. The third kappa shape index (κ3) is 4.19. The van der Waals surface area contributed by atoms with Crippen LogP contribution in [0.2, 0.25) is 0 Å². The second kappa shape index (κ2) is 4.55. The van der Waals surface area contributed by atoms with Crippen molar-refractivity contribution in [3.63, 3.8) is 0 Å². The molecule has 0 rings (SSSR count). The van der Waals surface area contributed by atoms with Gasteiger partial charge in [0.2, 0.25) is 0 Å². The van der Waals surface area contributed by atoms with E-state index in [2.05, 4.69) is 6.58 Å². The van der Waals surface area contributed by atoms with Crippen molar-refractivity contribution in [2.24, 2.45) is 0 Å². The number of hydrogen-bond donors (Lipinski definition) is 1. The van der Waals surface area contributed by atoms with Crippen LogP contribution in [0.1, 0.15) is 13.3 Å². The van der Waals surface area contributed by atoms with Crippen molar-refractivity contribution in [1.29, 1.82) is 0 Å². The maximum atomic E-state index is 10.3. The van der Waals surface area contributed by atoms with Crippen LogP contribution in [0.15, 0.2) is 24.0 Å². The molecule has 0 fully saturated rings. The van der Waals surface area contributed by atoms with Crippen LogP contribution in [0.3, 0.4) is 0 Å². The summed E-state index contributed by atoms with van der Waals surface area (Å²) in [5, 5.41) is 8.43. The van der Waals surface area contributed by atoms with Gasteiger partial charge in [-0.05, 0) is 6.92 Å². The van der Waals surface area contributed by atoms with E-state index in [1.54, 1.807) is 6.08 Å². The second-order valence-corrected chi connectivity index (χ2v) is 2.14. The van der Waals surface area contributed by atoms with Crippen molar-refractivity contribution in [2.75, 3.05) is 7.11 Å². The van der Waals surface area contributed by atoms with Crippen LogP contribution in [0.25, 0.3) is 0 Å². The minimum Gasteiger partial charge on any atom is -0.501 e. The fourth-order valence-corrected chi connectivity index (χ4v) is 0.438. The number of aliphatic carboxylic acids is 1. The van der Waals surface area contributed by atoms with Gasteiger partial charge in [-0.3, -0.25) is 0 Å². The summed E-state index contributed by atoms with van der Waals surface area (Å²) in [7, 11) is 1.51. The Kier molecular flexibility index (Phi) is 4.03. The van der Waals surface area contributed by atoms with Crippen LogP contribution in [-0.4, -0.2) is 18.2 Å². The molecule has 3 nitrogen and oxygen atoms in total. The number of ether oxygens (including phenoxy) is 1. The van der Waals surface area contributed by atoms with Crippen LogP contribution >= 0.6 is 0 Å². The topological polar surface area (TPSA) is 46.5 Å². The average molecular weight is 156 g/mol. The van der Waals surface area contributed by atoms with Crippen molar-refractivity contribution < 1.29 is 14.6 Å². The number of carboxylic acid groups (broad SMARTS) is 1. The summed E-state index contributed by atoms with van der Waals surface area (Å²) in [4.78, 5) is 10.3. The molecule has 0 aliphatic carbocycles. The summed E-state index contributed by atoms with van der Waals surface area (Å²) >= 11 is 0. The van der Waals surface area contributed by atoms with Gasteiger partial charge >= 0.3 is 5.97 Å². The first-order chi connectivity index (χ1) is 5.07. The van der Waals surface area contributed by atoms with Crippen molar-refractivity contribution >= 4 is 5.97 Å². The van der Waals surface area contributed by atoms with Gasteiger partial charge in [0.1, 0.15) is 0 Å². The summed E-state index contributed by atoms with van der Waals surface area (Å²) in [6, 6.07) is 0. The molecule has 1 N–H and O–H groups in total. The summed E-state index contributed by atoms with van der Waals surface area (Å²) in [5.74, 6) is -0.348. The van der Waals surface area contributed by atoms with Crippen LogP contribution in [0, 0.1) is 0 Å². The lowest BCUT2D eigenvalue weighted by Crippen LogP contribution is -1.96. The maximum absolute atomic E-state index is 10.3. The minimum absolute atomic E-state index is 0.309. The predicted octanol–water partition coefficient (Wildman–Crippen LogP) is 1.57.